The van der Waals surface area contributed by atoms with Crippen LogP contribution in [0.1, 0.15) is 12.5 Å². The van der Waals surface area contributed by atoms with Crippen molar-refractivity contribution in [3.05, 3.63) is 33.8 Å². The lowest BCUT2D eigenvalue weighted by Crippen LogP contribution is -2.25. The molecule has 0 fully saturated rings. The molecule has 0 aliphatic heterocycles. The molecule has 2 nitrogen and oxygen atoms in total. The number of halogens is 2. The number of methoxy groups -OCH3 is 1. The minimum Gasteiger partial charge on any atom is -0.383 e. The van der Waals surface area contributed by atoms with Crippen molar-refractivity contribution in [2.24, 2.45) is 5.92 Å². The van der Waals surface area contributed by atoms with Crippen LogP contribution in [0, 0.1) is 5.92 Å². The first-order valence-electron chi connectivity index (χ1n) is 5.77. The molecule has 4 heteroatoms. The molecule has 96 valence electrons. The third-order valence-electron chi connectivity index (χ3n) is 2.56. The molecular weight excluding hydrogens is 257 g/mol. The second kappa shape index (κ2) is 7.93. The fraction of sp³-hybridized carbons (Fsp3) is 0.538. The summed E-state index contributed by atoms with van der Waals surface area (Å²) in [5, 5.41) is 4.78. The van der Waals surface area contributed by atoms with Gasteiger partial charge in [0.25, 0.3) is 0 Å². The molecule has 0 saturated heterocycles. The number of rotatable bonds is 7. The Kier molecular flexibility index (Phi) is 6.90. The first-order valence-corrected chi connectivity index (χ1v) is 6.52. The summed E-state index contributed by atoms with van der Waals surface area (Å²) < 4.78 is 4.98. The Balaban J connectivity index is 2.37. The molecule has 0 bridgehead atoms. The Morgan fingerprint density at radius 3 is 2.76 bits per heavy atom. The van der Waals surface area contributed by atoms with Gasteiger partial charge in [0.15, 0.2) is 0 Å². The first kappa shape index (κ1) is 14.8. The van der Waals surface area contributed by atoms with Gasteiger partial charge < -0.3 is 10.1 Å². The smallest absolute Gasteiger partial charge is 0.0587 e. The molecule has 1 rings (SSSR count). The van der Waals surface area contributed by atoms with Crippen LogP contribution in [0.3, 0.4) is 0 Å². The number of ether oxygens (including phenoxy) is 1. The molecule has 17 heavy (non-hydrogen) atoms. The molecule has 0 heterocycles. The summed E-state index contributed by atoms with van der Waals surface area (Å²) in [6.07, 6.45) is 0.954. The van der Waals surface area contributed by atoms with E-state index in [1.165, 1.54) is 0 Å². The van der Waals surface area contributed by atoms with E-state index in [1.54, 1.807) is 13.2 Å². The fourth-order valence-electron chi connectivity index (χ4n) is 1.66. The molecule has 0 aromatic heterocycles. The van der Waals surface area contributed by atoms with Crippen LogP contribution < -0.4 is 5.32 Å². The largest absolute Gasteiger partial charge is 0.383 e. The van der Waals surface area contributed by atoms with E-state index in [2.05, 4.69) is 12.2 Å². The Labute approximate surface area is 113 Å². The topological polar surface area (TPSA) is 21.3 Å². The minimum absolute atomic E-state index is 0.533. The molecule has 1 unspecified atom stereocenters. The lowest BCUT2D eigenvalue weighted by atomic mass is 10.0. The summed E-state index contributed by atoms with van der Waals surface area (Å²) >= 11 is 12.0. The number of nitrogens with one attached hydrogen (secondary N) is 1. The highest BCUT2D eigenvalue weighted by atomic mass is 35.5. The molecule has 0 amide bonds. The van der Waals surface area contributed by atoms with E-state index in [0.717, 1.165) is 36.7 Å². The highest BCUT2D eigenvalue weighted by Gasteiger charge is 2.07. The van der Waals surface area contributed by atoms with Gasteiger partial charge in [-0.15, -0.1) is 0 Å². The Morgan fingerprint density at radius 2 is 2.12 bits per heavy atom. The van der Waals surface area contributed by atoms with Crippen LogP contribution in [-0.2, 0) is 11.2 Å². The van der Waals surface area contributed by atoms with Gasteiger partial charge >= 0.3 is 0 Å². The van der Waals surface area contributed by atoms with E-state index in [4.69, 9.17) is 27.9 Å². The SMILES string of the molecule is COCCNCC(C)Cc1ccc(Cl)cc1Cl. The summed E-state index contributed by atoms with van der Waals surface area (Å²) in [5.41, 5.74) is 1.15. The van der Waals surface area contributed by atoms with Crippen LogP contribution in [0.15, 0.2) is 18.2 Å². The Hall–Kier alpha value is -0.280. The van der Waals surface area contributed by atoms with Crippen molar-refractivity contribution in [3.63, 3.8) is 0 Å². The average Bonchev–Trinajstić information content (AvgIpc) is 2.28. The van der Waals surface area contributed by atoms with Gasteiger partial charge in [-0.05, 0) is 36.6 Å². The molecule has 0 aliphatic carbocycles. The lowest BCUT2D eigenvalue weighted by molar-refractivity contribution is 0.198. The molecule has 0 radical (unpaired) electrons. The predicted molar refractivity (Wildman–Crippen MR) is 74.1 cm³/mol. The van der Waals surface area contributed by atoms with Crippen molar-refractivity contribution in [2.45, 2.75) is 13.3 Å². The van der Waals surface area contributed by atoms with Crippen molar-refractivity contribution in [1.82, 2.24) is 5.32 Å². The van der Waals surface area contributed by atoms with Crippen LogP contribution in [0.2, 0.25) is 10.0 Å². The summed E-state index contributed by atoms with van der Waals surface area (Å²) in [7, 11) is 1.71. The quantitative estimate of drug-likeness (QED) is 0.771. The molecular formula is C13H19Cl2NO. The second-order valence-electron chi connectivity index (χ2n) is 4.24. The van der Waals surface area contributed by atoms with Crippen molar-refractivity contribution in [3.8, 4) is 0 Å². The van der Waals surface area contributed by atoms with Gasteiger partial charge in [-0.25, -0.2) is 0 Å². The van der Waals surface area contributed by atoms with Gasteiger partial charge in [-0.1, -0.05) is 36.2 Å². The second-order valence-corrected chi connectivity index (χ2v) is 5.09. The molecule has 1 aromatic carbocycles. The van der Waals surface area contributed by atoms with Gasteiger partial charge in [0.05, 0.1) is 6.61 Å². The molecule has 1 atom stereocenters. The van der Waals surface area contributed by atoms with E-state index in [1.807, 2.05) is 12.1 Å². The first-order chi connectivity index (χ1) is 8.13. The third-order valence-corrected chi connectivity index (χ3v) is 3.15. The standard InChI is InChI=1S/C13H19Cl2NO/c1-10(9-16-5-6-17-2)7-11-3-4-12(14)8-13(11)15/h3-4,8,10,16H,5-7,9H2,1-2H3. The van der Waals surface area contributed by atoms with Gasteiger partial charge in [0.1, 0.15) is 0 Å². The monoisotopic (exact) mass is 275 g/mol. The van der Waals surface area contributed by atoms with E-state index >= 15 is 0 Å². The zero-order chi connectivity index (χ0) is 12.7. The molecule has 1 N–H and O–H groups in total. The minimum atomic E-state index is 0.533. The van der Waals surface area contributed by atoms with Crippen molar-refractivity contribution < 1.29 is 4.74 Å². The van der Waals surface area contributed by atoms with E-state index in [-0.39, 0.29) is 0 Å². The van der Waals surface area contributed by atoms with Crippen LogP contribution in [0.25, 0.3) is 0 Å². The fourth-order valence-corrected chi connectivity index (χ4v) is 2.14. The maximum atomic E-state index is 6.13. The Morgan fingerprint density at radius 1 is 1.35 bits per heavy atom. The number of hydrogen-bond donors (Lipinski definition) is 1. The highest BCUT2D eigenvalue weighted by Crippen LogP contribution is 2.23. The molecule has 0 saturated carbocycles. The van der Waals surface area contributed by atoms with Crippen molar-refractivity contribution in [2.75, 3.05) is 26.8 Å². The van der Waals surface area contributed by atoms with Crippen LogP contribution in [0.5, 0.6) is 0 Å². The van der Waals surface area contributed by atoms with Crippen LogP contribution in [0.4, 0.5) is 0 Å². The number of benzene rings is 1. The van der Waals surface area contributed by atoms with Gasteiger partial charge in [0, 0.05) is 23.7 Å². The third kappa shape index (κ3) is 5.73. The van der Waals surface area contributed by atoms with Crippen LogP contribution in [-0.4, -0.2) is 26.8 Å². The van der Waals surface area contributed by atoms with Gasteiger partial charge in [-0.2, -0.15) is 0 Å². The van der Waals surface area contributed by atoms with Crippen LogP contribution >= 0.6 is 23.2 Å². The highest BCUT2D eigenvalue weighted by molar-refractivity contribution is 6.35. The van der Waals surface area contributed by atoms with Crippen molar-refractivity contribution in [1.29, 1.82) is 0 Å². The lowest BCUT2D eigenvalue weighted by Gasteiger charge is -2.13. The summed E-state index contributed by atoms with van der Waals surface area (Å²) in [4.78, 5) is 0. The summed E-state index contributed by atoms with van der Waals surface area (Å²) in [6, 6.07) is 5.67. The Bertz CT molecular complexity index is 344. The predicted octanol–water partition coefficient (Wildman–Crippen LogP) is 3.41. The molecule has 1 aromatic rings. The molecule has 0 aliphatic rings. The van der Waals surface area contributed by atoms with Crippen molar-refractivity contribution >= 4 is 23.2 Å². The normalized spacial score (nSPS) is 12.7. The average molecular weight is 276 g/mol. The maximum Gasteiger partial charge on any atom is 0.0587 e. The zero-order valence-corrected chi connectivity index (χ0v) is 11.8. The molecule has 0 spiro atoms. The zero-order valence-electron chi connectivity index (χ0n) is 10.3. The summed E-state index contributed by atoms with van der Waals surface area (Å²) in [5.74, 6) is 0.533. The van der Waals surface area contributed by atoms with E-state index in [9.17, 15) is 0 Å². The van der Waals surface area contributed by atoms with E-state index in [0.29, 0.717) is 10.9 Å². The maximum absolute atomic E-state index is 6.13. The number of hydrogen-bond acceptors (Lipinski definition) is 2. The van der Waals surface area contributed by atoms with E-state index < -0.39 is 0 Å². The van der Waals surface area contributed by atoms with Gasteiger partial charge in [-0.3, -0.25) is 0 Å². The summed E-state index contributed by atoms with van der Waals surface area (Å²) in [6.45, 7) is 4.79. The van der Waals surface area contributed by atoms with Gasteiger partial charge in [0.2, 0.25) is 0 Å².